The summed E-state index contributed by atoms with van der Waals surface area (Å²) in [6, 6.07) is 14.9. The minimum Gasteiger partial charge on any atom is -0.347 e. The van der Waals surface area contributed by atoms with Crippen LogP contribution >= 0.6 is 11.3 Å². The summed E-state index contributed by atoms with van der Waals surface area (Å²) in [5.74, 6) is -0.280. The van der Waals surface area contributed by atoms with Gasteiger partial charge in [0.2, 0.25) is 0 Å². The van der Waals surface area contributed by atoms with E-state index in [2.05, 4.69) is 15.6 Å². The van der Waals surface area contributed by atoms with E-state index in [1.807, 2.05) is 57.2 Å². The molecule has 0 saturated heterocycles. The van der Waals surface area contributed by atoms with E-state index >= 15 is 0 Å². The summed E-state index contributed by atoms with van der Waals surface area (Å²) in [6.07, 6.45) is 0.821. The van der Waals surface area contributed by atoms with Gasteiger partial charge in [-0.15, -0.1) is 11.3 Å². The number of carbonyl (C=O) groups excluding carboxylic acids is 2. The summed E-state index contributed by atoms with van der Waals surface area (Å²) in [5, 5.41) is 6.79. The fourth-order valence-electron chi connectivity index (χ4n) is 2.74. The highest BCUT2D eigenvalue weighted by atomic mass is 32.1. The average Bonchev–Trinajstić information content (AvgIpc) is 3.08. The summed E-state index contributed by atoms with van der Waals surface area (Å²) < 4.78 is 0. The fraction of sp³-hybridized carbons (Fsp3) is 0.227. The van der Waals surface area contributed by atoms with Crippen LogP contribution in [0.15, 0.2) is 48.5 Å². The van der Waals surface area contributed by atoms with Crippen LogP contribution in [0.2, 0.25) is 0 Å². The average molecular weight is 394 g/mol. The smallest absolute Gasteiger partial charge is 0.263 e. The molecule has 0 saturated carbocycles. The lowest BCUT2D eigenvalue weighted by Gasteiger charge is -2.09. The molecule has 0 aliphatic heterocycles. The molecule has 0 aliphatic carbocycles. The van der Waals surface area contributed by atoms with Crippen molar-refractivity contribution >= 4 is 28.8 Å². The van der Waals surface area contributed by atoms with Crippen molar-refractivity contribution in [1.29, 1.82) is 0 Å². The summed E-state index contributed by atoms with van der Waals surface area (Å²) in [4.78, 5) is 29.9. The van der Waals surface area contributed by atoms with E-state index in [9.17, 15) is 9.59 Å². The summed E-state index contributed by atoms with van der Waals surface area (Å²) in [6.45, 7) is 6.24. The zero-order chi connectivity index (χ0) is 20.1. The zero-order valence-electron chi connectivity index (χ0n) is 16.2. The number of rotatable bonds is 6. The van der Waals surface area contributed by atoms with E-state index in [0.717, 1.165) is 28.2 Å². The van der Waals surface area contributed by atoms with Crippen molar-refractivity contribution in [2.45, 2.75) is 33.7 Å². The van der Waals surface area contributed by atoms with Gasteiger partial charge in [-0.25, -0.2) is 4.98 Å². The Labute approximate surface area is 168 Å². The standard InChI is InChI=1S/C22H23N3O2S/c1-4-19-24-15(3)20(28-19)22(27)23-13-16-6-5-7-18(12-16)25-21(26)17-10-8-14(2)9-11-17/h5-12H,4,13H2,1-3H3,(H,23,27)(H,25,26). The molecule has 0 radical (unpaired) electrons. The third-order valence-electron chi connectivity index (χ3n) is 4.30. The molecule has 144 valence electrons. The topological polar surface area (TPSA) is 71.1 Å². The van der Waals surface area contributed by atoms with Crippen LogP contribution in [0.1, 0.15) is 48.8 Å². The number of hydrogen-bond acceptors (Lipinski definition) is 4. The maximum absolute atomic E-state index is 12.4. The van der Waals surface area contributed by atoms with Gasteiger partial charge in [0.1, 0.15) is 4.88 Å². The van der Waals surface area contributed by atoms with Crippen LogP contribution in [0, 0.1) is 13.8 Å². The van der Waals surface area contributed by atoms with Crippen molar-refractivity contribution in [1.82, 2.24) is 10.3 Å². The van der Waals surface area contributed by atoms with Gasteiger partial charge in [0.05, 0.1) is 10.7 Å². The Balaban J connectivity index is 1.63. The normalized spacial score (nSPS) is 10.5. The molecule has 2 aromatic carbocycles. The molecule has 0 spiro atoms. The predicted molar refractivity (Wildman–Crippen MR) is 113 cm³/mol. The van der Waals surface area contributed by atoms with E-state index in [4.69, 9.17) is 0 Å². The van der Waals surface area contributed by atoms with E-state index in [-0.39, 0.29) is 11.8 Å². The number of thiazole rings is 1. The Hall–Kier alpha value is -2.99. The second kappa shape index (κ2) is 8.80. The maximum Gasteiger partial charge on any atom is 0.263 e. The molecule has 1 aromatic heterocycles. The highest BCUT2D eigenvalue weighted by Gasteiger charge is 2.14. The van der Waals surface area contributed by atoms with Crippen LogP contribution in [0.3, 0.4) is 0 Å². The van der Waals surface area contributed by atoms with Crippen molar-refractivity contribution in [3.8, 4) is 0 Å². The molecule has 5 nitrogen and oxygen atoms in total. The lowest BCUT2D eigenvalue weighted by atomic mass is 10.1. The predicted octanol–water partition coefficient (Wildman–Crippen LogP) is 4.50. The van der Waals surface area contributed by atoms with Crippen LogP contribution in [0.25, 0.3) is 0 Å². The second-order valence-electron chi connectivity index (χ2n) is 6.58. The van der Waals surface area contributed by atoms with Crippen molar-refractivity contribution < 1.29 is 9.59 Å². The summed E-state index contributed by atoms with van der Waals surface area (Å²) in [7, 11) is 0. The maximum atomic E-state index is 12.4. The SMILES string of the molecule is CCc1nc(C)c(C(=O)NCc2cccc(NC(=O)c3ccc(C)cc3)c2)s1. The first-order chi connectivity index (χ1) is 13.5. The lowest BCUT2D eigenvalue weighted by molar-refractivity contribution is 0.0953. The number of benzene rings is 2. The van der Waals surface area contributed by atoms with E-state index in [1.54, 1.807) is 12.1 Å². The van der Waals surface area contributed by atoms with Gasteiger partial charge < -0.3 is 10.6 Å². The van der Waals surface area contributed by atoms with Crippen molar-refractivity contribution in [3.05, 3.63) is 80.8 Å². The van der Waals surface area contributed by atoms with Crippen LogP contribution in [-0.2, 0) is 13.0 Å². The van der Waals surface area contributed by atoms with Crippen LogP contribution in [-0.4, -0.2) is 16.8 Å². The summed E-state index contributed by atoms with van der Waals surface area (Å²) >= 11 is 1.43. The van der Waals surface area contributed by atoms with Crippen LogP contribution in [0.4, 0.5) is 5.69 Å². The summed E-state index contributed by atoms with van der Waals surface area (Å²) in [5.41, 5.74) is 4.08. The Morgan fingerprint density at radius 3 is 2.46 bits per heavy atom. The molecular weight excluding hydrogens is 370 g/mol. The monoisotopic (exact) mass is 393 g/mol. The van der Waals surface area contributed by atoms with Crippen LogP contribution < -0.4 is 10.6 Å². The van der Waals surface area contributed by atoms with Gasteiger partial charge in [-0.3, -0.25) is 9.59 Å². The Morgan fingerprint density at radius 1 is 1.04 bits per heavy atom. The fourth-order valence-corrected chi connectivity index (χ4v) is 3.66. The number of carbonyl (C=O) groups is 2. The highest BCUT2D eigenvalue weighted by Crippen LogP contribution is 2.19. The van der Waals surface area contributed by atoms with Crippen molar-refractivity contribution in [3.63, 3.8) is 0 Å². The molecule has 2 amide bonds. The van der Waals surface area contributed by atoms with E-state index < -0.39 is 0 Å². The number of aryl methyl sites for hydroxylation is 3. The number of amides is 2. The minimum atomic E-state index is -0.159. The van der Waals surface area contributed by atoms with Crippen LogP contribution in [0.5, 0.6) is 0 Å². The van der Waals surface area contributed by atoms with Crippen molar-refractivity contribution in [2.24, 2.45) is 0 Å². The largest absolute Gasteiger partial charge is 0.347 e. The second-order valence-corrected chi connectivity index (χ2v) is 7.66. The van der Waals surface area contributed by atoms with E-state index in [0.29, 0.717) is 22.7 Å². The van der Waals surface area contributed by atoms with Gasteiger partial charge in [0.15, 0.2) is 0 Å². The lowest BCUT2D eigenvalue weighted by Crippen LogP contribution is -2.22. The Bertz CT molecular complexity index is 993. The Kier molecular flexibility index (Phi) is 6.21. The molecule has 0 fully saturated rings. The van der Waals surface area contributed by atoms with Gasteiger partial charge >= 0.3 is 0 Å². The molecule has 2 N–H and O–H groups in total. The molecule has 0 aliphatic rings. The molecule has 0 bridgehead atoms. The molecule has 6 heteroatoms. The number of aromatic nitrogens is 1. The van der Waals surface area contributed by atoms with Gasteiger partial charge in [-0.2, -0.15) is 0 Å². The molecule has 3 aromatic rings. The number of nitrogens with zero attached hydrogens (tertiary/aromatic N) is 1. The number of anilines is 1. The first-order valence-corrected chi connectivity index (χ1v) is 9.99. The quantitative estimate of drug-likeness (QED) is 0.647. The van der Waals surface area contributed by atoms with Gasteiger partial charge in [-0.05, 0) is 50.1 Å². The number of hydrogen-bond donors (Lipinski definition) is 2. The molecule has 1 heterocycles. The molecule has 0 unspecified atom stereocenters. The zero-order valence-corrected chi connectivity index (χ0v) is 17.0. The minimum absolute atomic E-state index is 0.121. The molecule has 3 rings (SSSR count). The third kappa shape index (κ3) is 4.84. The van der Waals surface area contributed by atoms with Gasteiger partial charge in [0.25, 0.3) is 11.8 Å². The Morgan fingerprint density at radius 2 is 1.79 bits per heavy atom. The molecular formula is C22H23N3O2S. The first kappa shape index (κ1) is 19.8. The van der Waals surface area contributed by atoms with E-state index in [1.165, 1.54) is 11.3 Å². The number of nitrogens with one attached hydrogen (secondary N) is 2. The van der Waals surface area contributed by atoms with Gasteiger partial charge in [0, 0.05) is 17.8 Å². The third-order valence-corrected chi connectivity index (χ3v) is 5.60. The van der Waals surface area contributed by atoms with Crippen molar-refractivity contribution in [2.75, 3.05) is 5.32 Å². The van der Waals surface area contributed by atoms with Gasteiger partial charge in [-0.1, -0.05) is 36.8 Å². The highest BCUT2D eigenvalue weighted by molar-refractivity contribution is 7.13. The first-order valence-electron chi connectivity index (χ1n) is 9.17. The molecule has 28 heavy (non-hydrogen) atoms. The molecule has 0 atom stereocenters.